The Kier molecular flexibility index (Phi) is 5.10. The quantitative estimate of drug-likeness (QED) is 0.744. The first-order valence-corrected chi connectivity index (χ1v) is 10.1. The van der Waals surface area contributed by atoms with Gasteiger partial charge in [0.15, 0.2) is 5.82 Å². The zero-order valence-electron chi connectivity index (χ0n) is 17.0. The van der Waals surface area contributed by atoms with E-state index < -0.39 is 5.82 Å². The van der Waals surface area contributed by atoms with Gasteiger partial charge in [0.25, 0.3) is 5.56 Å². The maximum absolute atomic E-state index is 14.1. The zero-order chi connectivity index (χ0) is 20.7. The third-order valence-corrected chi connectivity index (χ3v) is 6.17. The molecular formula is C21H26FN5O2. The smallest absolute Gasteiger partial charge is 0.255 e. The normalized spacial score (nSPS) is 22.5. The molecule has 1 aliphatic carbocycles. The van der Waals surface area contributed by atoms with E-state index in [0.717, 1.165) is 32.1 Å². The van der Waals surface area contributed by atoms with Crippen LogP contribution in [0.25, 0.3) is 11.3 Å². The minimum absolute atomic E-state index is 0.237. The van der Waals surface area contributed by atoms with E-state index in [9.17, 15) is 14.0 Å². The van der Waals surface area contributed by atoms with Gasteiger partial charge in [-0.15, -0.1) is 0 Å². The highest BCUT2D eigenvalue weighted by Gasteiger charge is 2.59. The lowest BCUT2D eigenvalue weighted by atomic mass is 10.2. The van der Waals surface area contributed by atoms with Crippen molar-refractivity contribution in [2.24, 2.45) is 18.9 Å². The Morgan fingerprint density at radius 2 is 2.07 bits per heavy atom. The number of fused-ring (bicyclic) bond motifs is 1. The number of likely N-dealkylation sites (tertiary alicyclic amines) is 1. The highest BCUT2D eigenvalue weighted by Crippen LogP contribution is 2.49. The van der Waals surface area contributed by atoms with Crippen LogP contribution in [0.3, 0.4) is 0 Å². The molecule has 0 radical (unpaired) electrons. The summed E-state index contributed by atoms with van der Waals surface area (Å²) in [4.78, 5) is 37.1. The van der Waals surface area contributed by atoms with Crippen LogP contribution in [-0.4, -0.2) is 51.5 Å². The van der Waals surface area contributed by atoms with Crippen molar-refractivity contribution in [2.45, 2.75) is 32.2 Å². The van der Waals surface area contributed by atoms with Gasteiger partial charge in [-0.25, -0.2) is 9.37 Å². The molecule has 7 nitrogen and oxygen atoms in total. The molecule has 2 aromatic heterocycles. The van der Waals surface area contributed by atoms with Crippen molar-refractivity contribution in [1.29, 1.82) is 0 Å². The van der Waals surface area contributed by atoms with Gasteiger partial charge in [-0.05, 0) is 12.5 Å². The van der Waals surface area contributed by atoms with Crippen LogP contribution in [0.5, 0.6) is 0 Å². The fourth-order valence-electron chi connectivity index (χ4n) is 4.46. The summed E-state index contributed by atoms with van der Waals surface area (Å²) >= 11 is 0. The lowest BCUT2D eigenvalue weighted by molar-refractivity contribution is -0.130. The van der Waals surface area contributed by atoms with Crippen molar-refractivity contribution in [3.8, 4) is 11.3 Å². The fourth-order valence-corrected chi connectivity index (χ4v) is 4.46. The molecular weight excluding hydrogens is 373 g/mol. The predicted octanol–water partition coefficient (Wildman–Crippen LogP) is 2.06. The fraction of sp³-hybridized carbons (Fsp3) is 0.524. The number of rotatable bonds is 6. The average Bonchev–Trinajstić information content (AvgIpc) is 3.21. The van der Waals surface area contributed by atoms with E-state index in [1.165, 1.54) is 22.9 Å². The summed E-state index contributed by atoms with van der Waals surface area (Å²) in [6, 6.07) is 3.10. The van der Waals surface area contributed by atoms with E-state index in [1.807, 2.05) is 16.8 Å². The molecule has 8 heteroatoms. The molecule has 4 rings (SSSR count). The Morgan fingerprint density at radius 1 is 1.34 bits per heavy atom. The molecule has 29 heavy (non-hydrogen) atoms. The largest absolute Gasteiger partial charge is 0.342 e. The average molecular weight is 399 g/mol. The molecule has 1 amide bonds. The highest BCUT2D eigenvalue weighted by molar-refractivity contribution is 5.77. The van der Waals surface area contributed by atoms with Gasteiger partial charge in [0, 0.05) is 69.3 Å². The summed E-state index contributed by atoms with van der Waals surface area (Å²) in [6.45, 7) is 3.60. The topological polar surface area (TPSA) is 71.3 Å². The van der Waals surface area contributed by atoms with Crippen LogP contribution in [0.15, 0.2) is 29.3 Å². The molecule has 2 unspecified atom stereocenters. The SMILES string of the molecule is CCCCC(=O)N1CC2C(C1)C2N(C)c1nc(-c2ccncc2F)cc(=O)n1C. The van der Waals surface area contributed by atoms with Crippen molar-refractivity contribution in [1.82, 2.24) is 19.4 Å². The standard InChI is InChI=1S/C21H26FN5O2/c1-4-5-6-18(28)27-11-14-15(12-27)20(14)26(3)21-24-17(9-19(29)25(21)2)13-7-8-23-10-16(13)22/h7-10,14-15,20H,4-6,11-12H2,1-3H3. The molecule has 2 atom stereocenters. The molecule has 0 aromatic carbocycles. The first-order chi connectivity index (χ1) is 13.9. The molecule has 0 bridgehead atoms. The molecule has 0 spiro atoms. The number of anilines is 1. The zero-order valence-corrected chi connectivity index (χ0v) is 17.0. The van der Waals surface area contributed by atoms with Crippen molar-refractivity contribution in [3.63, 3.8) is 0 Å². The molecule has 2 aliphatic rings. The monoisotopic (exact) mass is 399 g/mol. The minimum Gasteiger partial charge on any atom is -0.342 e. The summed E-state index contributed by atoms with van der Waals surface area (Å²) in [6.07, 6.45) is 5.17. The third kappa shape index (κ3) is 3.52. The van der Waals surface area contributed by atoms with Gasteiger partial charge in [0.2, 0.25) is 11.9 Å². The number of unbranched alkanes of at least 4 members (excludes halogenated alkanes) is 1. The lowest BCUT2D eigenvalue weighted by Crippen LogP contribution is -2.38. The van der Waals surface area contributed by atoms with Crippen molar-refractivity contribution < 1.29 is 9.18 Å². The maximum atomic E-state index is 14.1. The Morgan fingerprint density at radius 3 is 2.72 bits per heavy atom. The minimum atomic E-state index is -0.508. The molecule has 1 saturated carbocycles. The van der Waals surface area contributed by atoms with Crippen LogP contribution < -0.4 is 10.5 Å². The second kappa shape index (κ2) is 7.57. The number of halogens is 1. The molecule has 3 heterocycles. The van der Waals surface area contributed by atoms with Crippen LogP contribution in [0, 0.1) is 17.7 Å². The number of carbonyl (C=O) groups excluding carboxylic acids is 1. The van der Waals surface area contributed by atoms with Gasteiger partial charge in [0.05, 0.1) is 11.9 Å². The molecule has 2 fully saturated rings. The molecule has 2 aromatic rings. The van der Waals surface area contributed by atoms with Crippen molar-refractivity contribution in [3.05, 3.63) is 40.7 Å². The first kappa shape index (κ1) is 19.5. The second-order valence-corrected chi connectivity index (χ2v) is 8.03. The van der Waals surface area contributed by atoms with Crippen LogP contribution in [0.4, 0.5) is 10.3 Å². The lowest BCUT2D eigenvalue weighted by Gasteiger charge is -2.26. The summed E-state index contributed by atoms with van der Waals surface area (Å²) < 4.78 is 15.6. The van der Waals surface area contributed by atoms with Gasteiger partial charge in [-0.2, -0.15) is 0 Å². The summed E-state index contributed by atoms with van der Waals surface area (Å²) in [5.74, 6) is 1.02. The molecule has 0 N–H and O–H groups in total. The van der Waals surface area contributed by atoms with Crippen LogP contribution in [-0.2, 0) is 11.8 Å². The van der Waals surface area contributed by atoms with Crippen molar-refractivity contribution >= 4 is 11.9 Å². The van der Waals surface area contributed by atoms with Crippen LogP contribution in [0.1, 0.15) is 26.2 Å². The Balaban J connectivity index is 1.53. The number of aromatic nitrogens is 3. The Bertz CT molecular complexity index is 979. The van der Waals surface area contributed by atoms with E-state index in [4.69, 9.17) is 0 Å². The molecule has 1 saturated heterocycles. The number of hydrogen-bond donors (Lipinski definition) is 0. The van der Waals surface area contributed by atoms with E-state index in [0.29, 0.717) is 29.9 Å². The number of carbonyl (C=O) groups is 1. The first-order valence-electron chi connectivity index (χ1n) is 10.1. The molecule has 1 aliphatic heterocycles. The van der Waals surface area contributed by atoms with E-state index in [1.54, 1.807) is 7.05 Å². The third-order valence-electron chi connectivity index (χ3n) is 6.17. The van der Waals surface area contributed by atoms with E-state index in [2.05, 4.69) is 16.9 Å². The van der Waals surface area contributed by atoms with Crippen LogP contribution >= 0.6 is 0 Å². The van der Waals surface area contributed by atoms with Gasteiger partial charge >= 0.3 is 0 Å². The molecule has 154 valence electrons. The Hall–Kier alpha value is -2.77. The van der Waals surface area contributed by atoms with Gasteiger partial charge in [-0.1, -0.05) is 13.3 Å². The Labute approximate surface area is 169 Å². The van der Waals surface area contributed by atoms with Crippen molar-refractivity contribution in [2.75, 3.05) is 25.0 Å². The van der Waals surface area contributed by atoms with Gasteiger partial charge in [-0.3, -0.25) is 19.1 Å². The number of pyridine rings is 1. The maximum Gasteiger partial charge on any atom is 0.255 e. The summed E-state index contributed by atoms with van der Waals surface area (Å²) in [5, 5.41) is 0. The number of nitrogens with zero attached hydrogens (tertiary/aromatic N) is 5. The van der Waals surface area contributed by atoms with E-state index >= 15 is 0 Å². The number of amides is 1. The predicted molar refractivity (Wildman–Crippen MR) is 108 cm³/mol. The summed E-state index contributed by atoms with van der Waals surface area (Å²) in [7, 11) is 3.59. The van der Waals surface area contributed by atoms with E-state index in [-0.39, 0.29) is 23.1 Å². The number of piperidine rings is 1. The summed E-state index contributed by atoms with van der Waals surface area (Å²) in [5.41, 5.74) is 0.323. The van der Waals surface area contributed by atoms with Crippen LogP contribution in [0.2, 0.25) is 0 Å². The second-order valence-electron chi connectivity index (χ2n) is 8.03. The highest BCUT2D eigenvalue weighted by atomic mass is 19.1. The van der Waals surface area contributed by atoms with Gasteiger partial charge < -0.3 is 9.80 Å². The van der Waals surface area contributed by atoms with Gasteiger partial charge in [0.1, 0.15) is 0 Å². The number of hydrogen-bond acceptors (Lipinski definition) is 5.